The minimum atomic E-state index is -0.177. The van der Waals surface area contributed by atoms with Gasteiger partial charge in [0.1, 0.15) is 12.6 Å². The molecule has 0 unspecified atom stereocenters. The fourth-order valence-corrected chi connectivity index (χ4v) is 4.22. The maximum atomic E-state index is 12.9. The minimum Gasteiger partial charge on any atom is -0.458 e. The summed E-state index contributed by atoms with van der Waals surface area (Å²) in [5, 5.41) is 0.576. The molecule has 9 heteroatoms. The zero-order valence-electron chi connectivity index (χ0n) is 17.8. The van der Waals surface area contributed by atoms with E-state index in [0.29, 0.717) is 37.2 Å². The lowest BCUT2D eigenvalue weighted by atomic mass is 10.1. The van der Waals surface area contributed by atoms with Gasteiger partial charge < -0.3 is 14.5 Å². The fraction of sp³-hybridized carbons (Fsp3) is 0.455. The number of likely N-dealkylation sites (tertiary alicyclic amines) is 1. The molecule has 1 aromatic carbocycles. The molecule has 0 radical (unpaired) electrons. The number of aryl methyl sites for hydroxylation is 2. The minimum absolute atomic E-state index is 0.0582. The van der Waals surface area contributed by atoms with Gasteiger partial charge in [0.25, 0.3) is 0 Å². The van der Waals surface area contributed by atoms with Crippen LogP contribution < -0.4 is 9.64 Å². The number of halogens is 1. The molecular formula is C22H26ClN5O3. The van der Waals surface area contributed by atoms with Crippen LogP contribution in [0.15, 0.2) is 30.3 Å². The van der Waals surface area contributed by atoms with Crippen molar-refractivity contribution in [1.82, 2.24) is 19.8 Å². The molecule has 2 aliphatic rings. The second kappa shape index (κ2) is 9.09. The molecule has 0 aliphatic carbocycles. The summed E-state index contributed by atoms with van der Waals surface area (Å²) >= 11 is 6.05. The summed E-state index contributed by atoms with van der Waals surface area (Å²) in [6, 6.07) is 9.25. The molecular weight excluding hydrogens is 418 g/mol. The molecule has 2 aromatic rings. The van der Waals surface area contributed by atoms with Crippen LogP contribution in [0, 0.1) is 13.8 Å². The Labute approximate surface area is 186 Å². The van der Waals surface area contributed by atoms with Crippen molar-refractivity contribution in [2.75, 3.05) is 37.6 Å². The average Bonchev–Trinajstić information content (AvgIpc) is 3.07. The van der Waals surface area contributed by atoms with E-state index >= 15 is 0 Å². The SMILES string of the molecule is Cc1cc(C)nc(O[C@H]2CCCN(C(=O)CN3CCN(c4cccc(Cl)c4)C3=O)C2)n1. The second-order valence-electron chi connectivity index (χ2n) is 7.99. The number of carbonyl (C=O) groups excluding carboxylic acids is 2. The molecule has 4 rings (SSSR count). The number of hydrogen-bond donors (Lipinski definition) is 0. The third kappa shape index (κ3) is 5.07. The van der Waals surface area contributed by atoms with E-state index in [9.17, 15) is 9.59 Å². The van der Waals surface area contributed by atoms with E-state index in [0.717, 1.165) is 29.9 Å². The van der Waals surface area contributed by atoms with Gasteiger partial charge in [-0.2, -0.15) is 0 Å². The molecule has 3 amide bonds. The summed E-state index contributed by atoms with van der Waals surface area (Å²) in [7, 11) is 0. The monoisotopic (exact) mass is 443 g/mol. The van der Waals surface area contributed by atoms with Gasteiger partial charge in [-0.3, -0.25) is 9.69 Å². The molecule has 2 aliphatic heterocycles. The Morgan fingerprint density at radius 3 is 2.68 bits per heavy atom. The summed E-state index contributed by atoms with van der Waals surface area (Å²) in [5.41, 5.74) is 2.44. The van der Waals surface area contributed by atoms with Crippen molar-refractivity contribution in [2.45, 2.75) is 32.8 Å². The number of amides is 3. The van der Waals surface area contributed by atoms with Crippen LogP contribution in [-0.4, -0.2) is 70.5 Å². The van der Waals surface area contributed by atoms with Gasteiger partial charge in [0.05, 0.1) is 6.54 Å². The average molecular weight is 444 g/mol. The largest absolute Gasteiger partial charge is 0.458 e. The van der Waals surface area contributed by atoms with Crippen molar-refractivity contribution in [3.05, 3.63) is 46.7 Å². The van der Waals surface area contributed by atoms with Crippen LogP contribution in [0.3, 0.4) is 0 Å². The summed E-state index contributed by atoms with van der Waals surface area (Å²) in [5.74, 6) is -0.0732. The molecule has 0 bridgehead atoms. The highest BCUT2D eigenvalue weighted by molar-refractivity contribution is 6.30. The topological polar surface area (TPSA) is 78.9 Å². The van der Waals surface area contributed by atoms with Gasteiger partial charge in [-0.1, -0.05) is 17.7 Å². The van der Waals surface area contributed by atoms with E-state index in [1.54, 1.807) is 26.8 Å². The summed E-state index contributed by atoms with van der Waals surface area (Å²) in [6.07, 6.45) is 1.52. The number of nitrogens with zero attached hydrogens (tertiary/aromatic N) is 5. The quantitative estimate of drug-likeness (QED) is 0.709. The number of rotatable bonds is 5. The van der Waals surface area contributed by atoms with E-state index in [1.165, 1.54) is 0 Å². The number of piperidine rings is 1. The van der Waals surface area contributed by atoms with E-state index in [2.05, 4.69) is 9.97 Å². The van der Waals surface area contributed by atoms with Crippen molar-refractivity contribution in [1.29, 1.82) is 0 Å². The first-order chi connectivity index (χ1) is 14.9. The van der Waals surface area contributed by atoms with Gasteiger partial charge in [-0.25, -0.2) is 14.8 Å². The highest BCUT2D eigenvalue weighted by Gasteiger charge is 2.33. The van der Waals surface area contributed by atoms with Crippen LogP contribution in [0.25, 0.3) is 0 Å². The lowest BCUT2D eigenvalue weighted by molar-refractivity contribution is -0.134. The first-order valence-electron chi connectivity index (χ1n) is 10.5. The lowest BCUT2D eigenvalue weighted by Crippen LogP contribution is -2.48. The number of hydrogen-bond acceptors (Lipinski definition) is 5. The van der Waals surface area contributed by atoms with Gasteiger partial charge in [-0.15, -0.1) is 0 Å². The molecule has 0 N–H and O–H groups in total. The molecule has 0 spiro atoms. The van der Waals surface area contributed by atoms with Crippen molar-refractivity contribution in [3.8, 4) is 6.01 Å². The first-order valence-corrected chi connectivity index (χ1v) is 10.9. The first kappa shape index (κ1) is 21.4. The normalized spacial score (nSPS) is 19.1. The van der Waals surface area contributed by atoms with Crippen LogP contribution in [-0.2, 0) is 4.79 Å². The Morgan fingerprint density at radius 2 is 1.94 bits per heavy atom. The van der Waals surface area contributed by atoms with Crippen molar-refractivity contribution in [2.24, 2.45) is 0 Å². The van der Waals surface area contributed by atoms with Crippen molar-refractivity contribution >= 4 is 29.2 Å². The Bertz CT molecular complexity index is 965. The van der Waals surface area contributed by atoms with Crippen LogP contribution in [0.5, 0.6) is 6.01 Å². The zero-order chi connectivity index (χ0) is 22.0. The van der Waals surface area contributed by atoms with Crippen molar-refractivity contribution in [3.63, 3.8) is 0 Å². The van der Waals surface area contributed by atoms with Gasteiger partial charge in [0.15, 0.2) is 0 Å². The Morgan fingerprint density at radius 1 is 1.16 bits per heavy atom. The molecule has 0 saturated carbocycles. The van der Waals surface area contributed by atoms with Gasteiger partial charge in [0.2, 0.25) is 5.91 Å². The Balaban J connectivity index is 1.34. The second-order valence-corrected chi connectivity index (χ2v) is 8.43. The fourth-order valence-electron chi connectivity index (χ4n) is 4.03. The molecule has 31 heavy (non-hydrogen) atoms. The van der Waals surface area contributed by atoms with E-state index in [4.69, 9.17) is 16.3 Å². The van der Waals surface area contributed by atoms with Crippen LogP contribution >= 0.6 is 11.6 Å². The van der Waals surface area contributed by atoms with Crippen molar-refractivity contribution < 1.29 is 14.3 Å². The van der Waals surface area contributed by atoms with Crippen LogP contribution in [0.4, 0.5) is 10.5 Å². The summed E-state index contributed by atoms with van der Waals surface area (Å²) in [4.78, 5) is 39.4. The maximum absolute atomic E-state index is 12.9. The number of urea groups is 1. The zero-order valence-corrected chi connectivity index (χ0v) is 18.5. The number of benzene rings is 1. The molecule has 1 aromatic heterocycles. The third-order valence-electron chi connectivity index (χ3n) is 5.51. The molecule has 2 fully saturated rings. The number of anilines is 1. The summed E-state index contributed by atoms with van der Waals surface area (Å²) < 4.78 is 5.96. The molecule has 8 nitrogen and oxygen atoms in total. The highest BCUT2D eigenvalue weighted by atomic mass is 35.5. The van der Waals surface area contributed by atoms with Crippen LogP contribution in [0.1, 0.15) is 24.2 Å². The van der Waals surface area contributed by atoms with Gasteiger partial charge in [0, 0.05) is 41.7 Å². The van der Waals surface area contributed by atoms with Gasteiger partial charge >= 0.3 is 12.0 Å². The Kier molecular flexibility index (Phi) is 6.27. The maximum Gasteiger partial charge on any atom is 0.325 e. The third-order valence-corrected chi connectivity index (χ3v) is 5.74. The smallest absolute Gasteiger partial charge is 0.325 e. The van der Waals surface area contributed by atoms with Gasteiger partial charge in [-0.05, 0) is 51.0 Å². The molecule has 3 heterocycles. The Hall–Kier alpha value is -2.87. The van der Waals surface area contributed by atoms with E-state index in [-0.39, 0.29) is 24.6 Å². The van der Waals surface area contributed by atoms with Crippen LogP contribution in [0.2, 0.25) is 5.02 Å². The lowest BCUT2D eigenvalue weighted by Gasteiger charge is -2.33. The predicted molar refractivity (Wildman–Crippen MR) is 118 cm³/mol. The molecule has 2 saturated heterocycles. The predicted octanol–water partition coefficient (Wildman–Crippen LogP) is 3.06. The standard InChI is InChI=1S/C22H26ClN5O3/c1-15-11-16(2)25-21(24-15)31-19-7-4-8-26(13-19)20(29)14-27-9-10-28(22(27)30)18-6-3-5-17(23)12-18/h3,5-6,11-12,19H,4,7-10,13-14H2,1-2H3/t19-/m0/s1. The number of ether oxygens (including phenoxy) is 1. The van der Waals surface area contributed by atoms with E-state index < -0.39 is 0 Å². The number of aromatic nitrogens is 2. The molecule has 164 valence electrons. The highest BCUT2D eigenvalue weighted by Crippen LogP contribution is 2.24. The number of carbonyl (C=O) groups is 2. The summed E-state index contributed by atoms with van der Waals surface area (Å²) in [6.45, 7) is 6.02. The molecule has 1 atom stereocenters. The van der Waals surface area contributed by atoms with E-state index in [1.807, 2.05) is 32.0 Å².